The lowest BCUT2D eigenvalue weighted by Crippen LogP contribution is -2.44. The molecule has 0 amide bonds. The highest BCUT2D eigenvalue weighted by atomic mass is 15.2. The third-order valence-corrected chi connectivity index (χ3v) is 6.16. The Kier molecular flexibility index (Phi) is 5.93. The number of hydrogen-bond donors (Lipinski definition) is 2. The summed E-state index contributed by atoms with van der Waals surface area (Å²) in [5.74, 6) is 3.29. The number of aromatic nitrogens is 4. The van der Waals surface area contributed by atoms with Gasteiger partial charge in [-0.2, -0.15) is 0 Å². The van der Waals surface area contributed by atoms with Crippen LogP contribution in [-0.2, 0) is 0 Å². The number of unbranched alkanes of at least 4 members (excludes halogenated alkanes) is 2. The first-order valence-electron chi connectivity index (χ1n) is 11.6. The molecule has 7 nitrogen and oxygen atoms in total. The first-order chi connectivity index (χ1) is 15.3. The van der Waals surface area contributed by atoms with Crippen molar-refractivity contribution in [2.45, 2.75) is 44.9 Å². The molecule has 3 aromatic rings. The number of rotatable bonds is 8. The van der Waals surface area contributed by atoms with Crippen LogP contribution < -0.4 is 15.5 Å². The monoisotopic (exact) mass is 417 g/mol. The minimum atomic E-state index is 0.604. The summed E-state index contributed by atoms with van der Waals surface area (Å²) in [5.41, 5.74) is 3.24. The largest absolute Gasteiger partial charge is 0.370 e. The highest BCUT2D eigenvalue weighted by molar-refractivity contribution is 5.94. The maximum Gasteiger partial charge on any atom is 0.162 e. The summed E-state index contributed by atoms with van der Waals surface area (Å²) in [6, 6.07) is 4.06. The van der Waals surface area contributed by atoms with Gasteiger partial charge < -0.3 is 15.5 Å². The molecule has 5 rings (SSSR count). The average molecular weight is 418 g/mol. The van der Waals surface area contributed by atoms with E-state index in [1.54, 1.807) is 0 Å². The molecule has 0 radical (unpaired) electrons. The Labute approximate surface area is 183 Å². The second-order valence-electron chi connectivity index (χ2n) is 8.57. The van der Waals surface area contributed by atoms with Gasteiger partial charge >= 0.3 is 0 Å². The van der Waals surface area contributed by atoms with Gasteiger partial charge in [0.15, 0.2) is 5.82 Å². The van der Waals surface area contributed by atoms with Crippen molar-refractivity contribution in [3.8, 4) is 11.4 Å². The zero-order valence-electron chi connectivity index (χ0n) is 18.3. The predicted molar refractivity (Wildman–Crippen MR) is 126 cm³/mol. The van der Waals surface area contributed by atoms with Gasteiger partial charge in [-0.15, -0.1) is 0 Å². The number of pyridine rings is 2. The Balaban J connectivity index is 1.54. The van der Waals surface area contributed by atoms with Gasteiger partial charge in [-0.1, -0.05) is 19.8 Å². The fourth-order valence-corrected chi connectivity index (χ4v) is 4.29. The highest BCUT2D eigenvalue weighted by Crippen LogP contribution is 2.44. The van der Waals surface area contributed by atoms with E-state index in [0.29, 0.717) is 5.92 Å². The molecular formula is C24H31N7. The van der Waals surface area contributed by atoms with Crippen molar-refractivity contribution < 1.29 is 0 Å². The van der Waals surface area contributed by atoms with Crippen LogP contribution in [0.1, 0.15) is 50.5 Å². The fraction of sp³-hybridized carbons (Fsp3) is 0.500. The molecule has 7 heteroatoms. The molecule has 0 atom stereocenters. The summed E-state index contributed by atoms with van der Waals surface area (Å²) in [7, 11) is 0. The van der Waals surface area contributed by atoms with Crippen LogP contribution in [0.3, 0.4) is 0 Å². The second-order valence-corrected chi connectivity index (χ2v) is 8.57. The number of hydrogen-bond acceptors (Lipinski definition) is 7. The molecule has 1 saturated carbocycles. The van der Waals surface area contributed by atoms with Crippen molar-refractivity contribution in [3.63, 3.8) is 0 Å². The highest BCUT2D eigenvalue weighted by Gasteiger charge is 2.29. The molecule has 1 aliphatic carbocycles. The number of piperazine rings is 1. The van der Waals surface area contributed by atoms with Gasteiger partial charge in [0.1, 0.15) is 11.6 Å². The molecule has 0 unspecified atom stereocenters. The van der Waals surface area contributed by atoms with E-state index in [1.165, 1.54) is 36.6 Å². The van der Waals surface area contributed by atoms with Crippen LogP contribution in [0, 0.1) is 0 Å². The molecule has 4 heterocycles. The molecule has 31 heavy (non-hydrogen) atoms. The standard InChI is InChI=1S/C24H31N7/c1-2-3-4-8-27-21-14-18(7-9-28-21)23-29-20-16-26-15-19(17-5-6-17)22(20)24(30-23)31-12-10-25-11-13-31/h7,9,14-17,25H,2-6,8,10-13H2,1H3,(H,27,28). The van der Waals surface area contributed by atoms with Crippen LogP contribution in [0.4, 0.5) is 11.6 Å². The molecule has 3 aromatic heterocycles. The summed E-state index contributed by atoms with van der Waals surface area (Å²) in [5, 5.41) is 8.08. The number of nitrogens with zero attached hydrogens (tertiary/aromatic N) is 5. The summed E-state index contributed by atoms with van der Waals surface area (Å²) < 4.78 is 0. The Morgan fingerprint density at radius 1 is 1.13 bits per heavy atom. The Hall–Kier alpha value is -2.80. The Bertz CT molecular complexity index is 1040. The first-order valence-corrected chi connectivity index (χ1v) is 11.6. The molecule has 0 aromatic carbocycles. The molecule has 1 saturated heterocycles. The minimum absolute atomic E-state index is 0.604. The maximum absolute atomic E-state index is 5.12. The quantitative estimate of drug-likeness (QED) is 0.537. The maximum atomic E-state index is 5.12. The van der Waals surface area contributed by atoms with Gasteiger partial charge in [0.25, 0.3) is 0 Å². The van der Waals surface area contributed by atoms with Gasteiger partial charge in [-0.3, -0.25) is 4.98 Å². The van der Waals surface area contributed by atoms with Crippen molar-refractivity contribution in [1.82, 2.24) is 25.3 Å². The van der Waals surface area contributed by atoms with Crippen molar-refractivity contribution in [3.05, 3.63) is 36.3 Å². The molecule has 2 aliphatic rings. The van der Waals surface area contributed by atoms with Crippen LogP contribution in [-0.4, -0.2) is 52.7 Å². The van der Waals surface area contributed by atoms with E-state index in [4.69, 9.17) is 9.97 Å². The van der Waals surface area contributed by atoms with Crippen molar-refractivity contribution in [1.29, 1.82) is 0 Å². The van der Waals surface area contributed by atoms with E-state index in [9.17, 15) is 0 Å². The predicted octanol–water partition coefficient (Wildman–Crippen LogP) is 3.98. The van der Waals surface area contributed by atoms with Crippen LogP contribution in [0.5, 0.6) is 0 Å². The Morgan fingerprint density at radius 3 is 2.81 bits per heavy atom. The van der Waals surface area contributed by atoms with Crippen LogP contribution in [0.25, 0.3) is 22.3 Å². The van der Waals surface area contributed by atoms with Gasteiger partial charge in [-0.25, -0.2) is 15.0 Å². The van der Waals surface area contributed by atoms with Crippen LogP contribution in [0.2, 0.25) is 0 Å². The minimum Gasteiger partial charge on any atom is -0.370 e. The van der Waals surface area contributed by atoms with Gasteiger partial charge in [0.2, 0.25) is 0 Å². The average Bonchev–Trinajstić information content (AvgIpc) is 3.67. The number of nitrogens with one attached hydrogen (secondary N) is 2. The zero-order chi connectivity index (χ0) is 21.0. The lowest BCUT2D eigenvalue weighted by Gasteiger charge is -2.30. The normalized spacial score (nSPS) is 16.6. The topological polar surface area (TPSA) is 78.9 Å². The number of fused-ring (bicyclic) bond motifs is 1. The van der Waals surface area contributed by atoms with E-state index >= 15 is 0 Å². The first kappa shape index (κ1) is 20.1. The molecule has 2 fully saturated rings. The Morgan fingerprint density at radius 2 is 2.00 bits per heavy atom. The summed E-state index contributed by atoms with van der Waals surface area (Å²) in [4.78, 5) is 21.5. The zero-order valence-corrected chi connectivity index (χ0v) is 18.3. The van der Waals surface area contributed by atoms with Crippen molar-refractivity contribution >= 4 is 22.5 Å². The third kappa shape index (κ3) is 4.46. The van der Waals surface area contributed by atoms with Crippen molar-refractivity contribution in [2.75, 3.05) is 42.9 Å². The summed E-state index contributed by atoms with van der Waals surface area (Å²) in [6.07, 6.45) is 11.8. The SMILES string of the molecule is CCCCCNc1cc(-c2nc(N3CCNCC3)c3c(C4CC4)cncc3n2)ccn1. The van der Waals surface area contributed by atoms with E-state index < -0.39 is 0 Å². The van der Waals surface area contributed by atoms with Gasteiger partial charge in [0.05, 0.1) is 11.7 Å². The molecule has 1 aliphatic heterocycles. The number of anilines is 2. The van der Waals surface area contributed by atoms with E-state index in [-0.39, 0.29) is 0 Å². The fourth-order valence-electron chi connectivity index (χ4n) is 4.29. The summed E-state index contributed by atoms with van der Waals surface area (Å²) in [6.45, 7) is 7.02. The third-order valence-electron chi connectivity index (χ3n) is 6.16. The van der Waals surface area contributed by atoms with E-state index in [2.05, 4.69) is 38.5 Å². The van der Waals surface area contributed by atoms with Gasteiger partial charge in [0, 0.05) is 56.1 Å². The lowest BCUT2D eigenvalue weighted by atomic mass is 10.1. The van der Waals surface area contributed by atoms with Crippen LogP contribution >= 0.6 is 0 Å². The van der Waals surface area contributed by atoms with E-state index in [1.807, 2.05) is 24.7 Å². The molecular weight excluding hydrogens is 386 g/mol. The lowest BCUT2D eigenvalue weighted by molar-refractivity contribution is 0.586. The van der Waals surface area contributed by atoms with Crippen LogP contribution in [0.15, 0.2) is 30.7 Å². The smallest absolute Gasteiger partial charge is 0.162 e. The summed E-state index contributed by atoms with van der Waals surface area (Å²) >= 11 is 0. The molecule has 0 bridgehead atoms. The molecule has 0 spiro atoms. The second kappa shape index (κ2) is 9.14. The van der Waals surface area contributed by atoms with Gasteiger partial charge in [-0.05, 0) is 42.9 Å². The molecule has 2 N–H and O–H groups in total. The molecule has 162 valence electrons. The van der Waals surface area contributed by atoms with E-state index in [0.717, 1.165) is 67.7 Å². The van der Waals surface area contributed by atoms with Crippen molar-refractivity contribution in [2.24, 2.45) is 0 Å².